The molecule has 0 spiro atoms. The van der Waals surface area contributed by atoms with Crippen LogP contribution in [0.1, 0.15) is 45.4 Å². The maximum absolute atomic E-state index is 12.8. The van der Waals surface area contributed by atoms with Crippen LogP contribution in [0.5, 0.6) is 11.5 Å². The molecule has 3 aromatic rings. The molecule has 4 rings (SSSR count). The van der Waals surface area contributed by atoms with Crippen LogP contribution in [-0.2, 0) is 4.79 Å². The molecule has 0 atom stereocenters. The summed E-state index contributed by atoms with van der Waals surface area (Å²) in [7, 11) is 3.13. The Hall–Kier alpha value is -3.83. The fourth-order valence-corrected chi connectivity index (χ4v) is 4.91. The maximum atomic E-state index is 12.8. The lowest BCUT2D eigenvalue weighted by molar-refractivity contribution is -0.126. The van der Waals surface area contributed by atoms with Crippen LogP contribution in [0.3, 0.4) is 0 Å². The van der Waals surface area contributed by atoms with Crippen LogP contribution < -0.4 is 14.8 Å². The monoisotopic (exact) mass is 489 g/mol. The normalized spacial score (nSPS) is 13.5. The highest BCUT2D eigenvalue weighted by atomic mass is 32.1. The summed E-state index contributed by atoms with van der Waals surface area (Å²) in [4.78, 5) is 31.7. The summed E-state index contributed by atoms with van der Waals surface area (Å²) in [5.74, 6) is 6.61. The molecule has 1 aromatic heterocycles. The average Bonchev–Trinajstić information content (AvgIpc) is 3.39. The lowest BCUT2D eigenvalue weighted by Crippen LogP contribution is -2.37. The van der Waals surface area contributed by atoms with Crippen molar-refractivity contribution in [2.75, 3.05) is 32.6 Å². The number of carbonyl (C=O) groups excluding carboxylic acids is 2. The Labute approximate surface area is 209 Å². The van der Waals surface area contributed by atoms with Crippen molar-refractivity contribution in [2.24, 2.45) is 0 Å². The van der Waals surface area contributed by atoms with Gasteiger partial charge in [0.1, 0.15) is 5.69 Å². The molecule has 0 bridgehead atoms. The number of piperidine rings is 1. The molecule has 1 aliphatic rings. The van der Waals surface area contributed by atoms with Crippen molar-refractivity contribution >= 4 is 28.8 Å². The second-order valence-corrected chi connectivity index (χ2v) is 9.12. The first-order valence-corrected chi connectivity index (χ1v) is 12.2. The second-order valence-electron chi connectivity index (χ2n) is 8.23. The summed E-state index contributed by atoms with van der Waals surface area (Å²) in [6.07, 6.45) is 1.59. The van der Waals surface area contributed by atoms with Gasteiger partial charge in [0.05, 0.1) is 19.2 Å². The van der Waals surface area contributed by atoms with Crippen molar-refractivity contribution in [3.05, 3.63) is 69.7 Å². The molecule has 8 heteroatoms. The van der Waals surface area contributed by atoms with Gasteiger partial charge in [-0.3, -0.25) is 9.59 Å². The molecule has 0 saturated carbocycles. The predicted molar refractivity (Wildman–Crippen MR) is 136 cm³/mol. The summed E-state index contributed by atoms with van der Waals surface area (Å²) >= 11 is 1.48. The molecule has 1 N–H and O–H groups in total. The number of anilines is 1. The topological polar surface area (TPSA) is 80.8 Å². The summed E-state index contributed by atoms with van der Waals surface area (Å²) in [6.45, 7) is 3.14. The highest BCUT2D eigenvalue weighted by Gasteiger charge is 2.26. The van der Waals surface area contributed by atoms with Gasteiger partial charge in [-0.05, 0) is 43.5 Å². The number of hydrogen-bond acceptors (Lipinski definition) is 6. The van der Waals surface area contributed by atoms with Gasteiger partial charge in [0, 0.05) is 47.6 Å². The molecule has 180 valence electrons. The number of thiazole rings is 1. The van der Waals surface area contributed by atoms with Crippen LogP contribution in [0.4, 0.5) is 5.69 Å². The van der Waals surface area contributed by atoms with E-state index in [0.29, 0.717) is 36.0 Å². The number of aromatic nitrogens is 1. The van der Waals surface area contributed by atoms with Gasteiger partial charge in [0.25, 0.3) is 11.8 Å². The molecule has 1 aliphatic heterocycles. The standard InChI is InChI=1S/C27H27N3O4S/c1-18-15-23(33-2)24(34-3)16-21(18)28-26(32)22-17-35-27(29-22)20-11-13-30(14-12-20)25(31)10-9-19-7-5-4-6-8-19/h4-8,15-17,20H,11-14H2,1-3H3,(H,28,32). The number of benzene rings is 2. The van der Waals surface area contributed by atoms with E-state index >= 15 is 0 Å². The Morgan fingerprint density at radius 2 is 1.77 bits per heavy atom. The zero-order valence-corrected chi connectivity index (χ0v) is 20.8. The minimum absolute atomic E-state index is 0.156. The third-order valence-electron chi connectivity index (χ3n) is 5.95. The van der Waals surface area contributed by atoms with E-state index in [4.69, 9.17) is 9.47 Å². The summed E-state index contributed by atoms with van der Waals surface area (Å²) < 4.78 is 10.6. The van der Waals surface area contributed by atoms with Gasteiger partial charge in [-0.2, -0.15) is 0 Å². The lowest BCUT2D eigenvalue weighted by Gasteiger charge is -2.29. The first-order valence-electron chi connectivity index (χ1n) is 11.3. The zero-order chi connectivity index (χ0) is 24.8. The van der Waals surface area contributed by atoms with Crippen molar-refractivity contribution < 1.29 is 19.1 Å². The highest BCUT2D eigenvalue weighted by molar-refractivity contribution is 7.10. The van der Waals surface area contributed by atoms with E-state index in [-0.39, 0.29) is 17.7 Å². The van der Waals surface area contributed by atoms with Crippen molar-refractivity contribution in [1.82, 2.24) is 9.88 Å². The van der Waals surface area contributed by atoms with Gasteiger partial charge in [-0.25, -0.2) is 4.98 Å². The van der Waals surface area contributed by atoms with Crippen molar-refractivity contribution in [2.45, 2.75) is 25.7 Å². The first-order chi connectivity index (χ1) is 17.0. The number of aryl methyl sites for hydroxylation is 1. The second kappa shape index (κ2) is 11.1. The van der Waals surface area contributed by atoms with E-state index in [9.17, 15) is 9.59 Å². The number of rotatable bonds is 5. The van der Waals surface area contributed by atoms with Gasteiger partial charge in [-0.1, -0.05) is 24.1 Å². The van der Waals surface area contributed by atoms with E-state index in [1.165, 1.54) is 11.3 Å². The van der Waals surface area contributed by atoms with E-state index < -0.39 is 0 Å². The van der Waals surface area contributed by atoms with E-state index in [2.05, 4.69) is 22.1 Å². The predicted octanol–water partition coefficient (Wildman–Crippen LogP) is 4.48. The highest BCUT2D eigenvalue weighted by Crippen LogP contribution is 2.34. The smallest absolute Gasteiger partial charge is 0.298 e. The molecule has 35 heavy (non-hydrogen) atoms. The maximum Gasteiger partial charge on any atom is 0.298 e. The fourth-order valence-electron chi connectivity index (χ4n) is 3.94. The first kappa shape index (κ1) is 24.3. The van der Waals surface area contributed by atoms with E-state index in [1.54, 1.807) is 30.6 Å². The van der Waals surface area contributed by atoms with E-state index in [1.807, 2.05) is 43.3 Å². The van der Waals surface area contributed by atoms with Crippen LogP contribution in [-0.4, -0.2) is 49.0 Å². The van der Waals surface area contributed by atoms with Gasteiger partial charge in [0.2, 0.25) is 0 Å². The van der Waals surface area contributed by atoms with Gasteiger partial charge in [0.15, 0.2) is 11.5 Å². The number of ether oxygens (including phenoxy) is 2. The Morgan fingerprint density at radius 1 is 1.09 bits per heavy atom. The van der Waals surface area contributed by atoms with Crippen LogP contribution >= 0.6 is 11.3 Å². The molecule has 2 aromatic carbocycles. The largest absolute Gasteiger partial charge is 0.493 e. The third kappa shape index (κ3) is 5.81. The molecular formula is C27H27N3O4S. The molecule has 7 nitrogen and oxygen atoms in total. The Balaban J connectivity index is 1.35. The summed E-state index contributed by atoms with van der Waals surface area (Å²) in [5.41, 5.74) is 2.71. The van der Waals surface area contributed by atoms with Crippen molar-refractivity contribution in [3.63, 3.8) is 0 Å². The summed E-state index contributed by atoms with van der Waals surface area (Å²) in [5, 5.41) is 5.62. The quantitative estimate of drug-likeness (QED) is 0.535. The molecule has 1 fully saturated rings. The number of methoxy groups -OCH3 is 2. The minimum atomic E-state index is -0.272. The number of hydrogen-bond donors (Lipinski definition) is 1. The molecular weight excluding hydrogens is 462 g/mol. The van der Waals surface area contributed by atoms with Gasteiger partial charge < -0.3 is 19.7 Å². The lowest BCUT2D eigenvalue weighted by atomic mass is 9.97. The van der Waals surface area contributed by atoms with Gasteiger partial charge >= 0.3 is 0 Å². The third-order valence-corrected chi connectivity index (χ3v) is 6.96. The van der Waals surface area contributed by atoms with Crippen LogP contribution in [0.25, 0.3) is 0 Å². The number of carbonyl (C=O) groups is 2. The van der Waals surface area contributed by atoms with Crippen LogP contribution in [0.2, 0.25) is 0 Å². The number of nitrogens with zero attached hydrogens (tertiary/aromatic N) is 2. The van der Waals surface area contributed by atoms with Crippen molar-refractivity contribution in [3.8, 4) is 23.3 Å². The number of likely N-dealkylation sites (tertiary alicyclic amines) is 1. The summed E-state index contributed by atoms with van der Waals surface area (Å²) in [6, 6.07) is 13.1. The molecule has 0 aliphatic carbocycles. The number of amides is 2. The Morgan fingerprint density at radius 3 is 2.46 bits per heavy atom. The average molecular weight is 490 g/mol. The molecule has 0 radical (unpaired) electrons. The molecule has 2 amide bonds. The van der Waals surface area contributed by atoms with Crippen molar-refractivity contribution in [1.29, 1.82) is 0 Å². The zero-order valence-electron chi connectivity index (χ0n) is 20.0. The molecule has 0 unspecified atom stereocenters. The molecule has 1 saturated heterocycles. The number of nitrogens with one attached hydrogen (secondary N) is 1. The minimum Gasteiger partial charge on any atom is -0.493 e. The van der Waals surface area contributed by atoms with Gasteiger partial charge in [-0.15, -0.1) is 11.3 Å². The fraction of sp³-hybridized carbons (Fsp3) is 0.296. The van der Waals surface area contributed by atoms with Crippen LogP contribution in [0.15, 0.2) is 47.8 Å². The Kier molecular flexibility index (Phi) is 7.68. The molecule has 2 heterocycles. The van der Waals surface area contributed by atoms with E-state index in [0.717, 1.165) is 29.0 Å². The van der Waals surface area contributed by atoms with Crippen LogP contribution in [0, 0.1) is 18.8 Å². The SMILES string of the molecule is COc1cc(C)c(NC(=O)c2csc(C3CCN(C(=O)C#Cc4ccccc4)CC3)n2)cc1OC. The Bertz CT molecular complexity index is 1270.